The van der Waals surface area contributed by atoms with Gasteiger partial charge in [-0.15, -0.1) is 0 Å². The van der Waals surface area contributed by atoms with Crippen LogP contribution in [0.25, 0.3) is 0 Å². The summed E-state index contributed by atoms with van der Waals surface area (Å²) in [5, 5.41) is 21.3. The van der Waals surface area contributed by atoms with E-state index in [1.807, 2.05) is 13.8 Å². The highest BCUT2D eigenvalue weighted by Gasteiger charge is 2.36. The second-order valence-corrected chi connectivity index (χ2v) is 8.10. The number of amides is 3. The lowest BCUT2D eigenvalue weighted by Crippen LogP contribution is -2.53. The average Bonchev–Trinajstić information content (AvgIpc) is 2.67. The lowest BCUT2D eigenvalue weighted by atomic mass is 9.83. The number of carbonyl (C=O) groups is 3. The van der Waals surface area contributed by atoms with Crippen LogP contribution < -0.4 is 10.8 Å². The first kappa shape index (κ1) is 24.4. The first-order chi connectivity index (χ1) is 13.3. The first-order valence-electron chi connectivity index (χ1n) is 10.4. The Bertz CT molecular complexity index is 512. The smallest absolute Gasteiger partial charge is 0.247 e. The van der Waals surface area contributed by atoms with Crippen LogP contribution in [0, 0.1) is 17.8 Å². The molecular weight excluding hydrogens is 362 g/mol. The van der Waals surface area contributed by atoms with E-state index >= 15 is 0 Å². The van der Waals surface area contributed by atoms with Gasteiger partial charge in [0.25, 0.3) is 0 Å². The summed E-state index contributed by atoms with van der Waals surface area (Å²) < 4.78 is 0. The molecule has 0 radical (unpaired) electrons. The molecule has 4 N–H and O–H groups in total. The highest BCUT2D eigenvalue weighted by Crippen LogP contribution is 2.25. The van der Waals surface area contributed by atoms with Crippen LogP contribution in [0.5, 0.6) is 0 Å². The summed E-state index contributed by atoms with van der Waals surface area (Å²) >= 11 is 0. The number of carbonyl (C=O) groups excluding carboxylic acids is 3. The molecule has 0 aromatic heterocycles. The maximum absolute atomic E-state index is 13.1. The van der Waals surface area contributed by atoms with Crippen LogP contribution in [0.3, 0.4) is 0 Å². The summed E-state index contributed by atoms with van der Waals surface area (Å²) in [5.41, 5.74) is 1.62. The predicted octanol–water partition coefficient (Wildman–Crippen LogP) is 1.45. The van der Waals surface area contributed by atoms with Gasteiger partial charge in [-0.2, -0.15) is 0 Å². The Morgan fingerprint density at radius 2 is 1.79 bits per heavy atom. The van der Waals surface area contributed by atoms with Gasteiger partial charge in [0.15, 0.2) is 0 Å². The van der Waals surface area contributed by atoms with Gasteiger partial charge in [-0.05, 0) is 25.2 Å². The van der Waals surface area contributed by atoms with E-state index in [1.165, 1.54) is 0 Å². The number of likely N-dealkylation sites (N-methyl/N-ethyl adjacent to an activating group) is 1. The molecule has 162 valence electrons. The fourth-order valence-corrected chi connectivity index (χ4v) is 3.79. The van der Waals surface area contributed by atoms with Crippen molar-refractivity contribution in [1.82, 2.24) is 15.7 Å². The molecule has 3 atom stereocenters. The first-order valence-corrected chi connectivity index (χ1v) is 10.4. The molecule has 1 aliphatic heterocycles. The molecule has 1 aliphatic rings. The second-order valence-electron chi connectivity index (χ2n) is 8.10. The summed E-state index contributed by atoms with van der Waals surface area (Å²) in [6, 6.07) is -0.671. The van der Waals surface area contributed by atoms with Crippen molar-refractivity contribution in [1.29, 1.82) is 0 Å². The Morgan fingerprint density at radius 3 is 2.36 bits per heavy atom. The number of aliphatic hydroxyl groups excluding tert-OH is 1. The third-order valence-electron chi connectivity index (χ3n) is 5.57. The molecule has 1 saturated heterocycles. The maximum atomic E-state index is 13.1. The molecular formula is C20H37N3O5. The fourth-order valence-electron chi connectivity index (χ4n) is 3.79. The summed E-state index contributed by atoms with van der Waals surface area (Å²) in [4.78, 5) is 39.7. The monoisotopic (exact) mass is 399 g/mol. The van der Waals surface area contributed by atoms with Gasteiger partial charge in [0, 0.05) is 26.1 Å². The summed E-state index contributed by atoms with van der Waals surface area (Å²) in [7, 11) is 1.75. The number of nitrogens with zero attached hydrogens (tertiary/aromatic N) is 1. The number of hydrogen-bond acceptors (Lipinski definition) is 5. The topological polar surface area (TPSA) is 119 Å². The Morgan fingerprint density at radius 1 is 1.18 bits per heavy atom. The van der Waals surface area contributed by atoms with Crippen molar-refractivity contribution in [2.45, 2.75) is 71.3 Å². The van der Waals surface area contributed by atoms with E-state index in [0.717, 1.165) is 38.5 Å². The van der Waals surface area contributed by atoms with Gasteiger partial charge in [0.1, 0.15) is 6.04 Å². The van der Waals surface area contributed by atoms with Crippen LogP contribution in [-0.4, -0.2) is 59.2 Å². The van der Waals surface area contributed by atoms with E-state index in [4.69, 9.17) is 5.21 Å². The minimum absolute atomic E-state index is 0.0741. The molecule has 0 aromatic carbocycles. The Labute approximate surface area is 168 Å². The molecule has 28 heavy (non-hydrogen) atoms. The largest absolute Gasteiger partial charge is 0.396 e. The van der Waals surface area contributed by atoms with Crippen molar-refractivity contribution in [2.24, 2.45) is 17.8 Å². The highest BCUT2D eigenvalue weighted by atomic mass is 16.5. The van der Waals surface area contributed by atoms with Crippen molar-refractivity contribution in [3.63, 3.8) is 0 Å². The van der Waals surface area contributed by atoms with Gasteiger partial charge < -0.3 is 15.3 Å². The number of hydroxylamine groups is 1. The van der Waals surface area contributed by atoms with Crippen LogP contribution in [0.2, 0.25) is 0 Å². The molecule has 0 bridgehead atoms. The lowest BCUT2D eigenvalue weighted by Gasteiger charge is -2.31. The predicted molar refractivity (Wildman–Crippen MR) is 105 cm³/mol. The number of hydrogen-bond donors (Lipinski definition) is 4. The third-order valence-corrected chi connectivity index (χ3v) is 5.57. The number of nitrogens with one attached hydrogen (secondary N) is 2. The molecule has 0 aliphatic carbocycles. The van der Waals surface area contributed by atoms with Crippen molar-refractivity contribution < 1.29 is 24.7 Å². The molecule has 0 spiro atoms. The summed E-state index contributed by atoms with van der Waals surface area (Å²) in [6.45, 7) is 4.14. The van der Waals surface area contributed by atoms with Gasteiger partial charge in [0.2, 0.25) is 17.7 Å². The zero-order chi connectivity index (χ0) is 21.1. The maximum Gasteiger partial charge on any atom is 0.247 e. The van der Waals surface area contributed by atoms with Crippen molar-refractivity contribution in [3.8, 4) is 0 Å². The molecule has 1 heterocycles. The minimum atomic E-state index is -0.844. The van der Waals surface area contributed by atoms with Crippen molar-refractivity contribution in [3.05, 3.63) is 0 Å². The lowest BCUT2D eigenvalue weighted by molar-refractivity contribution is -0.143. The van der Waals surface area contributed by atoms with Crippen LogP contribution in [0.15, 0.2) is 0 Å². The normalized spacial score (nSPS) is 24.4. The SMILES string of the molecule is CC(C)C1NC(=O)C(C(CCO)C(=O)NO)CCCCCCCCN(C)C1=O. The third kappa shape index (κ3) is 7.39. The van der Waals surface area contributed by atoms with E-state index in [9.17, 15) is 19.5 Å². The van der Waals surface area contributed by atoms with Crippen LogP contribution in [0.1, 0.15) is 65.2 Å². The van der Waals surface area contributed by atoms with Crippen molar-refractivity contribution in [2.75, 3.05) is 20.2 Å². The van der Waals surface area contributed by atoms with E-state index in [-0.39, 0.29) is 30.8 Å². The van der Waals surface area contributed by atoms with Crippen molar-refractivity contribution >= 4 is 17.7 Å². The van der Waals surface area contributed by atoms with Gasteiger partial charge >= 0.3 is 0 Å². The molecule has 3 unspecified atom stereocenters. The minimum Gasteiger partial charge on any atom is -0.396 e. The number of rotatable bonds is 5. The highest BCUT2D eigenvalue weighted by molar-refractivity contribution is 5.91. The average molecular weight is 400 g/mol. The molecule has 1 fully saturated rings. The number of aliphatic hydroxyl groups is 1. The Kier molecular flexibility index (Phi) is 11.1. The molecule has 0 aromatic rings. The van der Waals surface area contributed by atoms with Gasteiger partial charge in [-0.1, -0.05) is 46.0 Å². The van der Waals surface area contributed by atoms with Crippen LogP contribution in [-0.2, 0) is 14.4 Å². The van der Waals surface area contributed by atoms with Gasteiger partial charge in [0.05, 0.1) is 5.92 Å². The molecule has 0 saturated carbocycles. The zero-order valence-corrected chi connectivity index (χ0v) is 17.4. The summed E-state index contributed by atoms with van der Waals surface area (Å²) in [6.07, 6.45) is 6.39. The quantitative estimate of drug-likeness (QED) is 0.412. The standard InChI is InChI=1S/C20H37N3O5/c1-14(2)17-20(27)23(3)12-9-7-5-4-6-8-10-15(18(25)21-17)16(11-13-24)19(26)22-28/h14-17,24,28H,4-13H2,1-3H3,(H,21,25)(H,22,26). The van der Waals surface area contributed by atoms with Crippen LogP contribution in [0.4, 0.5) is 0 Å². The fraction of sp³-hybridized carbons (Fsp3) is 0.850. The van der Waals surface area contributed by atoms with E-state index < -0.39 is 23.8 Å². The Hall–Kier alpha value is -1.67. The second kappa shape index (κ2) is 12.7. The van der Waals surface area contributed by atoms with E-state index in [2.05, 4.69) is 5.32 Å². The molecule has 1 rings (SSSR count). The van der Waals surface area contributed by atoms with Gasteiger partial charge in [-0.3, -0.25) is 19.6 Å². The molecule has 8 heteroatoms. The Balaban J connectivity index is 3.10. The molecule has 3 amide bonds. The van der Waals surface area contributed by atoms with E-state index in [0.29, 0.717) is 13.0 Å². The zero-order valence-electron chi connectivity index (χ0n) is 17.4. The molecule has 8 nitrogen and oxygen atoms in total. The van der Waals surface area contributed by atoms with Gasteiger partial charge in [-0.25, -0.2) is 5.48 Å². The van der Waals surface area contributed by atoms with Crippen LogP contribution >= 0.6 is 0 Å². The van der Waals surface area contributed by atoms with E-state index in [1.54, 1.807) is 17.4 Å². The summed E-state index contributed by atoms with van der Waals surface area (Å²) in [5.74, 6) is -2.84.